The summed E-state index contributed by atoms with van der Waals surface area (Å²) in [5.41, 5.74) is 5.17. The summed E-state index contributed by atoms with van der Waals surface area (Å²) in [5, 5.41) is 16.3. The largest absolute Gasteiger partial charge is 0.407 e. The van der Waals surface area contributed by atoms with E-state index in [4.69, 9.17) is 23.5 Å². The molecular weight excluding hydrogens is 916 g/mol. The number of nitrogens with zero attached hydrogens (tertiary/aromatic N) is 5. The molecule has 0 bridgehead atoms. The fraction of sp³-hybridized carbons (Fsp3) is 0.340. The van der Waals surface area contributed by atoms with Gasteiger partial charge in [0.15, 0.2) is 16.6 Å². The van der Waals surface area contributed by atoms with Gasteiger partial charge in [-0.15, -0.1) is 11.3 Å². The third kappa shape index (κ3) is 11.2. The van der Waals surface area contributed by atoms with E-state index >= 15 is 0 Å². The van der Waals surface area contributed by atoms with E-state index in [1.165, 1.54) is 11.0 Å². The highest BCUT2D eigenvalue weighted by molar-refractivity contribution is 7.81. The first-order valence-corrected chi connectivity index (χ1v) is 23.3. The summed E-state index contributed by atoms with van der Waals surface area (Å²) in [6.45, 7) is 12.9. The molecule has 5 aromatic rings. The number of aryl methyl sites for hydroxylation is 2. The number of anilines is 3. The summed E-state index contributed by atoms with van der Waals surface area (Å²) in [5.74, 6) is -1.53. The number of benzene rings is 4. The summed E-state index contributed by atoms with van der Waals surface area (Å²) >= 11 is 7.24. The molecule has 0 aliphatic carbocycles. The van der Waals surface area contributed by atoms with Crippen LogP contribution < -0.4 is 20.4 Å². The van der Waals surface area contributed by atoms with Crippen LogP contribution in [0.2, 0.25) is 0 Å². The molecule has 0 unspecified atom stereocenters. The van der Waals surface area contributed by atoms with Gasteiger partial charge in [-0.1, -0.05) is 54.6 Å². The second-order valence-corrected chi connectivity index (χ2v) is 18.3. The van der Waals surface area contributed by atoms with Crippen molar-refractivity contribution >= 4 is 74.9 Å². The van der Waals surface area contributed by atoms with E-state index in [1.54, 1.807) is 42.2 Å². The molecular formula is C50H50F3N7O6S2. The topological polar surface area (TPSA) is 149 Å². The first kappa shape index (κ1) is 49.4. The lowest BCUT2D eigenvalue weighted by molar-refractivity contribution is -0.138. The highest BCUT2D eigenvalue weighted by Gasteiger charge is 2.50. The van der Waals surface area contributed by atoms with Gasteiger partial charge in [-0.25, -0.2) is 9.83 Å². The Kier molecular flexibility index (Phi) is 15.4. The number of thiocarbonyl (C=S) groups is 1. The van der Waals surface area contributed by atoms with Gasteiger partial charge in [0.2, 0.25) is 11.8 Å². The number of aliphatic hydroxyl groups excluding tert-OH is 1. The number of rotatable bonds is 18. The predicted octanol–water partition coefficient (Wildman–Crippen LogP) is 8.76. The smallest absolute Gasteiger partial charge is 0.391 e. The van der Waals surface area contributed by atoms with E-state index < -0.39 is 52.8 Å². The number of likely N-dealkylation sites (tertiary alicyclic amines) is 1. The summed E-state index contributed by atoms with van der Waals surface area (Å²) in [7, 11) is 0. The third-order valence-electron chi connectivity index (χ3n) is 12.0. The number of β-amino-alcohol motifs (C(OH)–C–C–N with tert-alkyl or cyclic N) is 1. The zero-order chi connectivity index (χ0) is 48.8. The Morgan fingerprint density at radius 2 is 1.63 bits per heavy atom. The van der Waals surface area contributed by atoms with Crippen LogP contribution in [0.15, 0.2) is 96.5 Å². The van der Waals surface area contributed by atoms with E-state index in [9.17, 15) is 37.5 Å². The Hall–Kier alpha value is -6.52. The van der Waals surface area contributed by atoms with E-state index in [-0.39, 0.29) is 49.1 Å². The number of ether oxygens (including phenoxy) is 1. The average Bonchev–Trinajstić information content (AvgIpc) is 3.99. The number of hydrogen-bond donors (Lipinski definition) is 3. The van der Waals surface area contributed by atoms with Gasteiger partial charge in [-0.2, -0.15) is 13.2 Å². The molecule has 0 spiro atoms. The normalized spacial score (nSPS) is 16.8. The molecule has 3 heterocycles. The molecule has 2 aliphatic heterocycles. The molecule has 68 heavy (non-hydrogen) atoms. The van der Waals surface area contributed by atoms with Gasteiger partial charge in [-0.3, -0.25) is 24.1 Å². The number of alkyl halides is 3. The Balaban J connectivity index is 0.798. The average molecular weight is 966 g/mol. The molecule has 354 valence electrons. The standard InChI is InChI=1S/C50H50F3N7O6S2/c1-31-46(68-30-57-31)35-10-7-32(8-11-35)9-22-43(62)42-26-39(61)28-58(42)45(64)27-56-44(63)29-66-24-6-5-23-55-36-16-12-33(13-17-36)34-14-18-37(19-15-34)60-48(67)59(47(65)49(60,2)3)38-20-21-41(54-4)40(25-38)50(51,52)53/h7-8,10-21,25,30,39,42,55,61H,5-6,9,22-24,26-29H2,1-3H3,(H,56,63)/t39-,42+/m1/s1. The first-order valence-electron chi connectivity index (χ1n) is 22.0. The van der Waals surface area contributed by atoms with Crippen molar-refractivity contribution in [2.75, 3.05) is 48.0 Å². The van der Waals surface area contributed by atoms with Crippen LogP contribution in [0.25, 0.3) is 26.4 Å². The molecule has 4 aromatic carbocycles. The third-order valence-corrected chi connectivity index (χ3v) is 13.3. The van der Waals surface area contributed by atoms with E-state index in [2.05, 4.69) is 20.5 Å². The Labute approximate surface area is 401 Å². The van der Waals surface area contributed by atoms with Crippen molar-refractivity contribution in [3.8, 4) is 21.6 Å². The second kappa shape index (κ2) is 21.2. The van der Waals surface area contributed by atoms with Crippen LogP contribution in [-0.4, -0.2) is 94.1 Å². The summed E-state index contributed by atoms with van der Waals surface area (Å²) in [6.07, 6.45) is -3.27. The second-order valence-electron chi connectivity index (χ2n) is 17.1. The first-order chi connectivity index (χ1) is 32.5. The molecule has 7 rings (SSSR count). The number of unbranched alkanes of at least 4 members (excludes halogenated alkanes) is 1. The maximum absolute atomic E-state index is 13.7. The van der Waals surface area contributed by atoms with E-state index in [0.717, 1.165) is 62.0 Å². The molecule has 0 radical (unpaired) electrons. The lowest BCUT2D eigenvalue weighted by atomic mass is 10.00. The fourth-order valence-corrected chi connectivity index (χ4v) is 9.64. The maximum atomic E-state index is 13.7. The molecule has 3 N–H and O–H groups in total. The summed E-state index contributed by atoms with van der Waals surface area (Å²) < 4.78 is 46.8. The molecule has 2 saturated heterocycles. The summed E-state index contributed by atoms with van der Waals surface area (Å²) in [6, 6.07) is 25.5. The lowest BCUT2D eigenvalue weighted by Gasteiger charge is -2.29. The molecule has 3 amide bonds. The summed E-state index contributed by atoms with van der Waals surface area (Å²) in [4.78, 5) is 64.8. The Morgan fingerprint density at radius 3 is 2.28 bits per heavy atom. The fourth-order valence-electron chi connectivity index (χ4n) is 8.31. The van der Waals surface area contributed by atoms with Crippen molar-refractivity contribution in [1.82, 2.24) is 15.2 Å². The van der Waals surface area contributed by atoms with Gasteiger partial charge < -0.3 is 30.3 Å². The van der Waals surface area contributed by atoms with Crippen LogP contribution in [0.4, 0.5) is 35.9 Å². The highest BCUT2D eigenvalue weighted by Crippen LogP contribution is 2.42. The van der Waals surface area contributed by atoms with Crippen molar-refractivity contribution in [3.63, 3.8) is 0 Å². The number of halogens is 3. The van der Waals surface area contributed by atoms with Gasteiger partial charge in [-0.05, 0) is 111 Å². The predicted molar refractivity (Wildman–Crippen MR) is 260 cm³/mol. The Bertz CT molecular complexity index is 2700. The van der Waals surface area contributed by atoms with Gasteiger partial charge in [0.1, 0.15) is 12.1 Å². The van der Waals surface area contributed by atoms with Crippen LogP contribution in [0.3, 0.4) is 0 Å². The van der Waals surface area contributed by atoms with Gasteiger partial charge in [0.05, 0.1) is 46.9 Å². The molecule has 2 atom stereocenters. The highest BCUT2D eigenvalue weighted by atomic mass is 32.1. The minimum Gasteiger partial charge on any atom is -0.391 e. The van der Waals surface area contributed by atoms with Crippen molar-refractivity contribution in [2.45, 2.75) is 76.7 Å². The number of carbonyl (C=O) groups is 4. The van der Waals surface area contributed by atoms with Crippen LogP contribution in [0.5, 0.6) is 0 Å². The zero-order valence-corrected chi connectivity index (χ0v) is 39.3. The van der Waals surface area contributed by atoms with E-state index in [0.29, 0.717) is 31.7 Å². The van der Waals surface area contributed by atoms with Gasteiger partial charge in [0, 0.05) is 49.6 Å². The van der Waals surface area contributed by atoms with Crippen molar-refractivity contribution in [3.05, 3.63) is 125 Å². The lowest BCUT2D eigenvalue weighted by Crippen LogP contribution is -2.46. The zero-order valence-electron chi connectivity index (χ0n) is 37.6. The van der Waals surface area contributed by atoms with Crippen LogP contribution in [-0.2, 0) is 36.5 Å². The van der Waals surface area contributed by atoms with Crippen LogP contribution in [0, 0.1) is 13.5 Å². The Morgan fingerprint density at radius 1 is 0.971 bits per heavy atom. The molecule has 18 heteroatoms. The minimum absolute atomic E-state index is 0.0189. The number of aromatic nitrogens is 1. The van der Waals surface area contributed by atoms with Crippen LogP contribution in [0.1, 0.15) is 56.4 Å². The van der Waals surface area contributed by atoms with Gasteiger partial charge >= 0.3 is 6.18 Å². The van der Waals surface area contributed by atoms with Crippen molar-refractivity contribution in [1.29, 1.82) is 0 Å². The number of nitrogens with one attached hydrogen (secondary N) is 2. The molecule has 1 aromatic heterocycles. The number of hydrogen-bond acceptors (Lipinski definition) is 10. The van der Waals surface area contributed by atoms with Gasteiger partial charge in [0.25, 0.3) is 5.91 Å². The number of amides is 3. The van der Waals surface area contributed by atoms with Crippen molar-refractivity contribution in [2.24, 2.45) is 0 Å². The number of ketones is 1. The molecule has 0 saturated carbocycles. The maximum Gasteiger partial charge on any atom is 0.407 e. The molecule has 2 aliphatic rings. The van der Waals surface area contributed by atoms with E-state index in [1.807, 2.05) is 73.1 Å². The quantitative estimate of drug-likeness (QED) is 0.0442. The SMILES string of the molecule is [C-]#[N+]c1ccc(N2C(=O)C(C)(C)N(c3ccc(-c4ccc(NCCCCOCC(=O)NCC(=O)N5C[C@H](O)C[C@H]5C(=O)CCc5ccc(-c6scnc6C)cc5)cc4)cc3)C2=S)cc1C(F)(F)F. The monoisotopic (exact) mass is 965 g/mol. The van der Waals surface area contributed by atoms with Crippen molar-refractivity contribution < 1.29 is 42.2 Å². The van der Waals surface area contributed by atoms with Crippen LogP contribution >= 0.6 is 23.6 Å². The number of aliphatic hydroxyl groups is 1. The number of Topliss-reactive ketones (excluding diaryl/α,β-unsaturated/α-hetero) is 1. The number of thiazole rings is 1. The number of carbonyl (C=O) groups excluding carboxylic acids is 4. The molecule has 13 nitrogen and oxygen atoms in total. The minimum atomic E-state index is -4.79. The molecule has 2 fully saturated rings.